The second-order valence-corrected chi connectivity index (χ2v) is 5.26. The molecule has 88 valence electrons. The van der Waals surface area contributed by atoms with Crippen LogP contribution in [0.25, 0.3) is 0 Å². The molecule has 0 radical (unpaired) electrons. The molecule has 1 aromatic rings. The van der Waals surface area contributed by atoms with Crippen molar-refractivity contribution in [3.05, 3.63) is 28.7 Å². The van der Waals surface area contributed by atoms with Crippen LogP contribution in [0.3, 0.4) is 0 Å². The third-order valence-corrected chi connectivity index (χ3v) is 3.84. The lowest BCUT2D eigenvalue weighted by atomic mass is 10.0. The minimum atomic E-state index is 0.808. The second kappa shape index (κ2) is 6.26. The van der Waals surface area contributed by atoms with Crippen molar-refractivity contribution in [3.63, 3.8) is 0 Å². The van der Waals surface area contributed by atoms with Crippen LogP contribution in [0.4, 0.5) is 5.69 Å². The van der Waals surface area contributed by atoms with E-state index in [-0.39, 0.29) is 0 Å². The summed E-state index contributed by atoms with van der Waals surface area (Å²) in [6.45, 7) is 3.44. The first-order valence-corrected chi connectivity index (χ1v) is 6.84. The molecule has 1 aliphatic rings. The van der Waals surface area contributed by atoms with E-state index in [4.69, 9.17) is 0 Å². The number of halogens is 1. The molecule has 3 heteroatoms. The van der Waals surface area contributed by atoms with Crippen LogP contribution in [0.2, 0.25) is 0 Å². The summed E-state index contributed by atoms with van der Waals surface area (Å²) >= 11 is 3.56. The van der Waals surface area contributed by atoms with Gasteiger partial charge in [-0.05, 0) is 66.3 Å². The van der Waals surface area contributed by atoms with Crippen LogP contribution in [-0.4, -0.2) is 19.6 Å². The fourth-order valence-corrected chi connectivity index (χ4v) is 2.58. The van der Waals surface area contributed by atoms with Gasteiger partial charge in [0.05, 0.1) is 0 Å². The zero-order valence-corrected chi connectivity index (χ0v) is 11.1. The van der Waals surface area contributed by atoms with Crippen LogP contribution < -0.4 is 10.6 Å². The summed E-state index contributed by atoms with van der Waals surface area (Å²) in [6, 6.07) is 8.32. The predicted octanol–water partition coefficient (Wildman–Crippen LogP) is 3.25. The van der Waals surface area contributed by atoms with Crippen LogP contribution in [0.15, 0.2) is 28.7 Å². The predicted molar refractivity (Wildman–Crippen MR) is 72.8 cm³/mol. The van der Waals surface area contributed by atoms with Crippen LogP contribution in [-0.2, 0) is 0 Å². The van der Waals surface area contributed by atoms with Gasteiger partial charge in [-0.25, -0.2) is 0 Å². The summed E-state index contributed by atoms with van der Waals surface area (Å²) in [6.07, 6.45) is 3.93. The van der Waals surface area contributed by atoms with Crippen molar-refractivity contribution in [2.75, 3.05) is 25.0 Å². The molecule has 2 N–H and O–H groups in total. The Morgan fingerprint density at radius 2 is 2.12 bits per heavy atom. The second-order valence-electron chi connectivity index (χ2n) is 4.41. The average molecular weight is 283 g/mol. The Bertz CT molecular complexity index is 319. The van der Waals surface area contributed by atoms with Crippen molar-refractivity contribution in [2.45, 2.75) is 19.3 Å². The lowest BCUT2D eigenvalue weighted by Crippen LogP contribution is -2.17. The van der Waals surface area contributed by atoms with Crippen molar-refractivity contribution >= 4 is 21.6 Å². The van der Waals surface area contributed by atoms with Gasteiger partial charge in [0.1, 0.15) is 0 Å². The zero-order chi connectivity index (χ0) is 11.2. The largest absolute Gasteiger partial charge is 0.384 e. The third kappa shape index (κ3) is 3.49. The van der Waals surface area contributed by atoms with E-state index in [0.717, 1.165) is 16.9 Å². The van der Waals surface area contributed by atoms with Gasteiger partial charge in [-0.15, -0.1) is 0 Å². The number of para-hydroxylation sites is 1. The summed E-state index contributed by atoms with van der Waals surface area (Å²) in [5.74, 6) is 0.808. The van der Waals surface area contributed by atoms with Crippen LogP contribution in [0.5, 0.6) is 0 Å². The summed E-state index contributed by atoms with van der Waals surface area (Å²) in [4.78, 5) is 0. The van der Waals surface area contributed by atoms with E-state index in [0.29, 0.717) is 0 Å². The number of nitrogens with one attached hydrogen (secondary N) is 2. The molecule has 0 saturated carbocycles. The van der Waals surface area contributed by atoms with Gasteiger partial charge in [0.2, 0.25) is 0 Å². The minimum Gasteiger partial charge on any atom is -0.384 e. The highest BCUT2D eigenvalue weighted by atomic mass is 79.9. The highest BCUT2D eigenvalue weighted by Gasteiger charge is 2.11. The lowest BCUT2D eigenvalue weighted by Gasteiger charge is -2.16. The quantitative estimate of drug-likeness (QED) is 0.889. The first kappa shape index (κ1) is 11.9. The van der Waals surface area contributed by atoms with Crippen molar-refractivity contribution in [1.82, 2.24) is 5.32 Å². The van der Waals surface area contributed by atoms with Crippen LogP contribution in [0.1, 0.15) is 19.3 Å². The standard InChI is InChI=1S/C13H19BrN2/c14-12-5-1-2-6-13(12)16-10-11-4-3-8-15-9-7-11/h1-2,5-6,11,15-16H,3-4,7-10H2. The highest BCUT2D eigenvalue weighted by molar-refractivity contribution is 9.10. The Morgan fingerprint density at radius 1 is 1.25 bits per heavy atom. The Morgan fingerprint density at radius 3 is 3.00 bits per heavy atom. The molecule has 2 rings (SSSR count). The topological polar surface area (TPSA) is 24.1 Å². The maximum Gasteiger partial charge on any atom is 0.0484 e. The van der Waals surface area contributed by atoms with Gasteiger partial charge in [0, 0.05) is 16.7 Å². The molecule has 1 aromatic carbocycles. The molecule has 1 unspecified atom stereocenters. The molecular weight excluding hydrogens is 264 g/mol. The summed E-state index contributed by atoms with van der Waals surface area (Å²) in [7, 11) is 0. The molecule has 0 aromatic heterocycles. The SMILES string of the molecule is Brc1ccccc1NCC1CCCNCC1. The van der Waals surface area contributed by atoms with Gasteiger partial charge in [-0.3, -0.25) is 0 Å². The Kier molecular flexibility index (Phi) is 4.67. The number of benzene rings is 1. The molecule has 1 atom stereocenters. The minimum absolute atomic E-state index is 0.808. The Balaban J connectivity index is 1.84. The number of hydrogen-bond acceptors (Lipinski definition) is 2. The Hall–Kier alpha value is -0.540. The van der Waals surface area contributed by atoms with Gasteiger partial charge in [0.15, 0.2) is 0 Å². The van der Waals surface area contributed by atoms with Crippen LogP contribution in [0, 0.1) is 5.92 Å². The van der Waals surface area contributed by atoms with Gasteiger partial charge in [-0.2, -0.15) is 0 Å². The van der Waals surface area contributed by atoms with E-state index in [1.807, 2.05) is 6.07 Å². The van der Waals surface area contributed by atoms with Gasteiger partial charge in [-0.1, -0.05) is 12.1 Å². The van der Waals surface area contributed by atoms with E-state index in [9.17, 15) is 0 Å². The summed E-state index contributed by atoms with van der Waals surface area (Å²) in [5, 5.41) is 6.99. The van der Waals surface area contributed by atoms with Crippen molar-refractivity contribution in [1.29, 1.82) is 0 Å². The normalized spacial score (nSPS) is 21.4. The van der Waals surface area contributed by atoms with E-state index in [1.165, 1.54) is 38.0 Å². The Labute approximate surface area is 106 Å². The maximum absolute atomic E-state index is 3.56. The molecule has 1 aliphatic heterocycles. The third-order valence-electron chi connectivity index (χ3n) is 3.15. The molecule has 0 bridgehead atoms. The fraction of sp³-hybridized carbons (Fsp3) is 0.538. The van der Waals surface area contributed by atoms with Crippen LogP contribution >= 0.6 is 15.9 Å². The smallest absolute Gasteiger partial charge is 0.0484 e. The average Bonchev–Trinajstić information content (AvgIpc) is 2.56. The van der Waals surface area contributed by atoms with Gasteiger partial charge >= 0.3 is 0 Å². The number of rotatable bonds is 3. The molecule has 1 fully saturated rings. The van der Waals surface area contributed by atoms with Gasteiger partial charge < -0.3 is 10.6 Å². The van der Waals surface area contributed by atoms with E-state index >= 15 is 0 Å². The molecule has 0 aliphatic carbocycles. The zero-order valence-electron chi connectivity index (χ0n) is 9.51. The van der Waals surface area contributed by atoms with E-state index in [1.54, 1.807) is 0 Å². The fourth-order valence-electron chi connectivity index (χ4n) is 2.15. The molecule has 2 nitrogen and oxygen atoms in total. The van der Waals surface area contributed by atoms with E-state index < -0.39 is 0 Å². The number of hydrogen-bond donors (Lipinski definition) is 2. The van der Waals surface area contributed by atoms with Gasteiger partial charge in [0.25, 0.3) is 0 Å². The van der Waals surface area contributed by atoms with Crippen molar-refractivity contribution in [3.8, 4) is 0 Å². The highest BCUT2D eigenvalue weighted by Crippen LogP contribution is 2.22. The molecule has 16 heavy (non-hydrogen) atoms. The maximum atomic E-state index is 3.56. The van der Waals surface area contributed by atoms with Crippen molar-refractivity contribution in [2.24, 2.45) is 5.92 Å². The molecule has 0 amide bonds. The van der Waals surface area contributed by atoms with E-state index in [2.05, 4.69) is 44.8 Å². The lowest BCUT2D eigenvalue weighted by molar-refractivity contribution is 0.496. The molecular formula is C13H19BrN2. The summed E-state index contributed by atoms with van der Waals surface area (Å²) in [5.41, 5.74) is 1.21. The van der Waals surface area contributed by atoms with Crippen molar-refractivity contribution < 1.29 is 0 Å². The molecule has 1 heterocycles. The summed E-state index contributed by atoms with van der Waals surface area (Å²) < 4.78 is 1.15. The monoisotopic (exact) mass is 282 g/mol. The molecule has 1 saturated heterocycles. The molecule has 0 spiro atoms. The first-order chi connectivity index (χ1) is 7.86. The number of anilines is 1. The first-order valence-electron chi connectivity index (χ1n) is 6.05.